The van der Waals surface area contributed by atoms with E-state index in [2.05, 4.69) is 25.6 Å². The molecule has 0 saturated carbocycles. The molecule has 150 valence electrons. The van der Waals surface area contributed by atoms with Crippen molar-refractivity contribution in [2.75, 3.05) is 10.6 Å². The number of para-hydroxylation sites is 3. The lowest BCUT2D eigenvalue weighted by Crippen LogP contribution is -2.15. The molecule has 0 radical (unpaired) electrons. The van der Waals surface area contributed by atoms with Gasteiger partial charge in [0.25, 0.3) is 5.91 Å². The van der Waals surface area contributed by atoms with Gasteiger partial charge in [-0.2, -0.15) is 0 Å². The minimum absolute atomic E-state index is 0.0280. The van der Waals surface area contributed by atoms with Crippen molar-refractivity contribution in [1.82, 2.24) is 15.0 Å². The Kier molecular flexibility index (Phi) is 5.52. The number of fused-ring (bicyclic) bond motifs is 1. The molecule has 4 aromatic rings. The van der Waals surface area contributed by atoms with Gasteiger partial charge in [-0.15, -0.1) is 0 Å². The summed E-state index contributed by atoms with van der Waals surface area (Å²) in [5.41, 5.74) is 2.31. The van der Waals surface area contributed by atoms with Crippen LogP contribution in [0.25, 0.3) is 10.9 Å². The number of anilines is 3. The van der Waals surface area contributed by atoms with Crippen molar-refractivity contribution in [3.05, 3.63) is 78.8 Å². The van der Waals surface area contributed by atoms with Crippen molar-refractivity contribution >= 4 is 34.1 Å². The fourth-order valence-corrected chi connectivity index (χ4v) is 2.98. The summed E-state index contributed by atoms with van der Waals surface area (Å²) in [6.45, 7) is 3.92. The average molecular weight is 399 g/mol. The van der Waals surface area contributed by atoms with Crippen LogP contribution in [0.15, 0.2) is 73.1 Å². The Morgan fingerprint density at radius 1 is 0.900 bits per heavy atom. The molecule has 0 bridgehead atoms. The molecule has 0 aliphatic heterocycles. The Bertz CT molecular complexity index is 1190. The van der Waals surface area contributed by atoms with Crippen molar-refractivity contribution in [1.29, 1.82) is 0 Å². The first kappa shape index (κ1) is 19.3. The second-order valence-corrected chi connectivity index (χ2v) is 6.89. The summed E-state index contributed by atoms with van der Waals surface area (Å²) < 4.78 is 5.81. The molecule has 30 heavy (non-hydrogen) atoms. The zero-order chi connectivity index (χ0) is 20.9. The number of pyridine rings is 1. The molecule has 0 aliphatic carbocycles. The number of carbonyl (C=O) groups excluding carboxylic acids is 1. The molecule has 0 fully saturated rings. The van der Waals surface area contributed by atoms with Gasteiger partial charge in [-0.3, -0.25) is 9.78 Å². The van der Waals surface area contributed by atoms with Crippen molar-refractivity contribution in [2.45, 2.75) is 20.0 Å². The summed E-state index contributed by atoms with van der Waals surface area (Å²) in [5.74, 6) is 0.650. The van der Waals surface area contributed by atoms with Gasteiger partial charge in [0.15, 0.2) is 0 Å². The molecular formula is C23H21N5O2. The molecule has 0 aliphatic rings. The summed E-state index contributed by atoms with van der Waals surface area (Å²) in [4.78, 5) is 25.7. The maximum absolute atomic E-state index is 12.8. The number of aromatic nitrogens is 3. The molecule has 7 heteroatoms. The van der Waals surface area contributed by atoms with Gasteiger partial charge in [-0.25, -0.2) is 9.97 Å². The first-order valence-corrected chi connectivity index (χ1v) is 9.61. The number of hydrogen-bond donors (Lipinski definition) is 2. The first-order chi connectivity index (χ1) is 14.6. The van der Waals surface area contributed by atoms with E-state index in [0.29, 0.717) is 17.4 Å². The van der Waals surface area contributed by atoms with Crippen LogP contribution in [0.3, 0.4) is 0 Å². The number of rotatable bonds is 6. The zero-order valence-electron chi connectivity index (χ0n) is 16.7. The zero-order valence-corrected chi connectivity index (χ0v) is 16.7. The molecule has 2 aromatic heterocycles. The maximum Gasteiger partial charge on any atom is 0.274 e. The van der Waals surface area contributed by atoms with E-state index >= 15 is 0 Å². The highest BCUT2D eigenvalue weighted by Gasteiger charge is 2.13. The molecule has 2 aromatic carbocycles. The van der Waals surface area contributed by atoms with Crippen molar-refractivity contribution in [2.24, 2.45) is 0 Å². The highest BCUT2D eigenvalue weighted by molar-refractivity contribution is 6.07. The van der Waals surface area contributed by atoms with Crippen LogP contribution in [-0.2, 0) is 0 Å². The molecule has 0 spiro atoms. The molecular weight excluding hydrogens is 378 g/mol. The number of nitrogens with zero attached hydrogens (tertiary/aromatic N) is 3. The number of carbonyl (C=O) groups is 1. The molecule has 0 atom stereocenters. The summed E-state index contributed by atoms with van der Waals surface area (Å²) in [6.07, 6.45) is 3.26. The second kappa shape index (κ2) is 8.57. The Labute approximate surface area is 174 Å². The molecule has 2 heterocycles. The van der Waals surface area contributed by atoms with E-state index in [9.17, 15) is 4.79 Å². The number of nitrogens with one attached hydrogen (secondary N) is 2. The van der Waals surface area contributed by atoms with Crippen LogP contribution in [0.1, 0.15) is 24.3 Å². The normalized spacial score (nSPS) is 10.8. The Morgan fingerprint density at radius 3 is 2.57 bits per heavy atom. The fraction of sp³-hybridized carbons (Fsp3) is 0.130. The average Bonchev–Trinajstić information content (AvgIpc) is 2.75. The van der Waals surface area contributed by atoms with Gasteiger partial charge in [0.2, 0.25) is 5.95 Å². The van der Waals surface area contributed by atoms with Gasteiger partial charge in [-0.1, -0.05) is 30.3 Å². The van der Waals surface area contributed by atoms with Crippen LogP contribution in [0.2, 0.25) is 0 Å². The van der Waals surface area contributed by atoms with E-state index in [4.69, 9.17) is 4.74 Å². The van der Waals surface area contributed by atoms with Gasteiger partial charge in [0.05, 0.1) is 23.0 Å². The Balaban J connectivity index is 1.56. The minimum atomic E-state index is -0.342. The summed E-state index contributed by atoms with van der Waals surface area (Å²) in [7, 11) is 0. The molecule has 4 rings (SSSR count). The Hall–Kier alpha value is -4.00. The van der Waals surface area contributed by atoms with Crippen molar-refractivity contribution < 1.29 is 9.53 Å². The molecule has 7 nitrogen and oxygen atoms in total. The van der Waals surface area contributed by atoms with Gasteiger partial charge >= 0.3 is 0 Å². The third-order valence-corrected chi connectivity index (χ3v) is 4.27. The smallest absolute Gasteiger partial charge is 0.274 e. The second-order valence-electron chi connectivity index (χ2n) is 6.89. The van der Waals surface area contributed by atoms with Gasteiger partial charge in [0, 0.05) is 17.8 Å². The van der Waals surface area contributed by atoms with Crippen LogP contribution < -0.4 is 15.4 Å². The lowest BCUT2D eigenvalue weighted by atomic mass is 10.2. The van der Waals surface area contributed by atoms with E-state index in [1.807, 2.05) is 68.4 Å². The van der Waals surface area contributed by atoms with E-state index in [1.165, 1.54) is 6.20 Å². The predicted molar refractivity (Wildman–Crippen MR) is 117 cm³/mol. The van der Waals surface area contributed by atoms with E-state index in [0.717, 1.165) is 16.6 Å². The summed E-state index contributed by atoms with van der Waals surface area (Å²) >= 11 is 0. The minimum Gasteiger partial charge on any atom is -0.489 e. The number of hydrogen-bond acceptors (Lipinski definition) is 6. The van der Waals surface area contributed by atoms with E-state index in [1.54, 1.807) is 12.3 Å². The third-order valence-electron chi connectivity index (χ3n) is 4.27. The topological polar surface area (TPSA) is 89.0 Å². The quantitative estimate of drug-likeness (QED) is 0.484. The highest BCUT2D eigenvalue weighted by atomic mass is 16.5. The molecule has 2 N–H and O–H groups in total. The number of ether oxygens (including phenoxy) is 1. The van der Waals surface area contributed by atoms with Crippen molar-refractivity contribution in [3.63, 3.8) is 0 Å². The lowest BCUT2D eigenvalue weighted by Gasteiger charge is -2.15. The third kappa shape index (κ3) is 4.35. The van der Waals surface area contributed by atoms with Gasteiger partial charge < -0.3 is 15.4 Å². The fourth-order valence-electron chi connectivity index (χ4n) is 2.98. The van der Waals surface area contributed by atoms with Crippen LogP contribution in [0, 0.1) is 0 Å². The summed E-state index contributed by atoms with van der Waals surface area (Å²) in [6, 6.07) is 18.5. The van der Waals surface area contributed by atoms with Crippen LogP contribution in [-0.4, -0.2) is 27.0 Å². The van der Waals surface area contributed by atoms with Crippen LogP contribution >= 0.6 is 0 Å². The van der Waals surface area contributed by atoms with Gasteiger partial charge in [-0.05, 0) is 44.2 Å². The Morgan fingerprint density at radius 2 is 1.70 bits per heavy atom. The highest BCUT2D eigenvalue weighted by Crippen LogP contribution is 2.27. The molecule has 0 saturated heterocycles. The SMILES string of the molecule is CC(C)Oc1ccccc1Nc1nccc(C(=O)Nc2cccc3cccnc23)n1. The molecule has 1 amide bonds. The van der Waals surface area contributed by atoms with Crippen molar-refractivity contribution in [3.8, 4) is 5.75 Å². The van der Waals surface area contributed by atoms with E-state index < -0.39 is 0 Å². The standard InChI is InChI=1S/C23H21N5O2/c1-15(2)30-20-11-4-3-9-17(20)27-23-25-14-12-19(28-23)22(29)26-18-10-5-7-16-8-6-13-24-21(16)18/h3-15H,1-2H3,(H,26,29)(H,25,27,28). The molecule has 0 unspecified atom stereocenters. The van der Waals surface area contributed by atoms with Crippen LogP contribution in [0.5, 0.6) is 5.75 Å². The predicted octanol–water partition coefficient (Wildman–Crippen LogP) is 4.81. The van der Waals surface area contributed by atoms with Gasteiger partial charge in [0.1, 0.15) is 11.4 Å². The largest absolute Gasteiger partial charge is 0.489 e. The maximum atomic E-state index is 12.8. The monoisotopic (exact) mass is 399 g/mol. The summed E-state index contributed by atoms with van der Waals surface area (Å²) in [5, 5.41) is 6.96. The number of benzene rings is 2. The first-order valence-electron chi connectivity index (χ1n) is 9.61. The van der Waals surface area contributed by atoms with Crippen LogP contribution in [0.4, 0.5) is 17.3 Å². The number of amides is 1. The lowest BCUT2D eigenvalue weighted by molar-refractivity contribution is 0.102. The van der Waals surface area contributed by atoms with E-state index in [-0.39, 0.29) is 17.7 Å².